The summed E-state index contributed by atoms with van der Waals surface area (Å²) in [4.78, 5) is 37.8. The van der Waals surface area contributed by atoms with Crippen LogP contribution in [0.15, 0.2) is 30.3 Å². The van der Waals surface area contributed by atoms with Crippen molar-refractivity contribution in [2.45, 2.75) is 20.0 Å². The molecular formula is C21H22N6O4. The van der Waals surface area contributed by atoms with Gasteiger partial charge in [-0.1, -0.05) is 12.1 Å². The predicted octanol–water partition coefficient (Wildman–Crippen LogP) is 0.866. The minimum atomic E-state index is -0.686. The van der Waals surface area contributed by atoms with Gasteiger partial charge in [0.2, 0.25) is 11.9 Å². The zero-order valence-electron chi connectivity index (χ0n) is 17.3. The number of hydrogen-bond donors (Lipinski definition) is 0. The molecule has 1 aromatic carbocycles. The Hall–Kier alpha value is -3.69. The molecular weight excluding hydrogens is 400 g/mol. The lowest BCUT2D eigenvalue weighted by atomic mass is 10.2. The van der Waals surface area contributed by atoms with Crippen LogP contribution >= 0.6 is 0 Å². The smallest absolute Gasteiger partial charge is 0.293 e. The van der Waals surface area contributed by atoms with E-state index in [1.54, 1.807) is 20.4 Å². The second-order valence-electron chi connectivity index (χ2n) is 7.67. The number of hydrogen-bond acceptors (Lipinski definition) is 7. The molecule has 0 N–H and O–H groups in total. The zero-order valence-corrected chi connectivity index (χ0v) is 17.3. The van der Waals surface area contributed by atoms with Crippen LogP contribution in [-0.4, -0.2) is 80.1 Å². The van der Waals surface area contributed by atoms with E-state index in [1.165, 1.54) is 0 Å². The maximum atomic E-state index is 12.9. The van der Waals surface area contributed by atoms with E-state index in [0.717, 1.165) is 11.4 Å². The van der Waals surface area contributed by atoms with E-state index in [-0.39, 0.29) is 24.2 Å². The van der Waals surface area contributed by atoms with Gasteiger partial charge in [0.05, 0.1) is 0 Å². The predicted molar refractivity (Wildman–Crippen MR) is 109 cm³/mol. The summed E-state index contributed by atoms with van der Waals surface area (Å²) >= 11 is 0. The first kappa shape index (κ1) is 19.3. The van der Waals surface area contributed by atoms with E-state index < -0.39 is 6.10 Å². The van der Waals surface area contributed by atoms with Gasteiger partial charge in [-0.25, -0.2) is 9.50 Å². The molecule has 0 unspecified atom stereocenters. The van der Waals surface area contributed by atoms with E-state index in [9.17, 15) is 9.59 Å². The highest BCUT2D eigenvalue weighted by Crippen LogP contribution is 2.31. The number of aromatic nitrogens is 4. The summed E-state index contributed by atoms with van der Waals surface area (Å²) in [6.07, 6.45) is -0.686. The molecule has 10 heteroatoms. The number of rotatable bonds is 2. The van der Waals surface area contributed by atoms with Gasteiger partial charge < -0.3 is 19.3 Å². The van der Waals surface area contributed by atoms with E-state index >= 15 is 0 Å². The summed E-state index contributed by atoms with van der Waals surface area (Å²) in [6.45, 7) is 5.56. The normalized spacial score (nSPS) is 18.3. The van der Waals surface area contributed by atoms with Crippen molar-refractivity contribution in [3.8, 4) is 11.5 Å². The summed E-state index contributed by atoms with van der Waals surface area (Å²) in [7, 11) is 0. The van der Waals surface area contributed by atoms with Crippen LogP contribution in [0.5, 0.6) is 11.5 Å². The number of fused-ring (bicyclic) bond motifs is 2. The molecule has 2 amide bonds. The second-order valence-corrected chi connectivity index (χ2v) is 7.67. The second kappa shape index (κ2) is 7.53. The molecule has 3 aromatic rings. The average Bonchev–Trinajstić information content (AvgIpc) is 3.22. The SMILES string of the molecule is Cc1cc(C)n2nc(C(=O)N3CCN(C(=O)[C@H]4COc5ccccc5O4)CC3)nc2n1. The third kappa shape index (κ3) is 3.54. The van der Waals surface area contributed by atoms with Crippen molar-refractivity contribution in [1.82, 2.24) is 29.4 Å². The number of benzene rings is 1. The Kier molecular flexibility index (Phi) is 4.68. The molecule has 10 nitrogen and oxygen atoms in total. The Bertz CT molecular complexity index is 1170. The molecule has 2 aliphatic rings. The van der Waals surface area contributed by atoms with Crippen LogP contribution in [0.4, 0.5) is 0 Å². The number of aryl methyl sites for hydroxylation is 2. The highest BCUT2D eigenvalue weighted by Gasteiger charge is 2.34. The van der Waals surface area contributed by atoms with Crippen LogP contribution in [0.2, 0.25) is 0 Å². The van der Waals surface area contributed by atoms with Crippen molar-refractivity contribution < 1.29 is 19.1 Å². The fourth-order valence-electron chi connectivity index (χ4n) is 3.87. The number of para-hydroxylation sites is 2. The van der Waals surface area contributed by atoms with Crippen LogP contribution in [0, 0.1) is 13.8 Å². The molecule has 5 rings (SSSR count). The van der Waals surface area contributed by atoms with Crippen molar-refractivity contribution in [3.63, 3.8) is 0 Å². The molecule has 4 heterocycles. The lowest BCUT2D eigenvalue weighted by molar-refractivity contribution is -0.142. The molecule has 1 fully saturated rings. The van der Waals surface area contributed by atoms with Gasteiger partial charge >= 0.3 is 0 Å². The van der Waals surface area contributed by atoms with Gasteiger partial charge in [0.25, 0.3) is 17.6 Å². The molecule has 31 heavy (non-hydrogen) atoms. The van der Waals surface area contributed by atoms with E-state index in [0.29, 0.717) is 43.5 Å². The van der Waals surface area contributed by atoms with Gasteiger partial charge in [-0.15, -0.1) is 5.10 Å². The van der Waals surface area contributed by atoms with Crippen LogP contribution < -0.4 is 9.47 Å². The summed E-state index contributed by atoms with van der Waals surface area (Å²) in [5.74, 6) is 1.33. The molecule has 1 saturated heterocycles. The zero-order chi connectivity index (χ0) is 21.5. The number of ether oxygens (including phenoxy) is 2. The van der Waals surface area contributed by atoms with Gasteiger partial charge in [-0.3, -0.25) is 9.59 Å². The maximum absolute atomic E-state index is 12.9. The number of carbonyl (C=O) groups is 2. The summed E-state index contributed by atoms with van der Waals surface area (Å²) in [6, 6.07) is 9.18. The van der Waals surface area contributed by atoms with Gasteiger partial charge in [0.15, 0.2) is 11.5 Å². The Balaban J connectivity index is 1.23. The molecule has 0 bridgehead atoms. The van der Waals surface area contributed by atoms with Crippen molar-refractivity contribution in [2.24, 2.45) is 0 Å². The fraction of sp³-hybridized carbons (Fsp3) is 0.381. The lowest BCUT2D eigenvalue weighted by Gasteiger charge is -2.36. The molecule has 0 radical (unpaired) electrons. The van der Waals surface area contributed by atoms with Gasteiger partial charge in [-0.2, -0.15) is 4.98 Å². The Morgan fingerprint density at radius 2 is 1.71 bits per heavy atom. The molecule has 2 aliphatic heterocycles. The van der Waals surface area contributed by atoms with Gasteiger partial charge in [0, 0.05) is 37.6 Å². The topological polar surface area (TPSA) is 102 Å². The van der Waals surface area contributed by atoms with Crippen LogP contribution in [0.3, 0.4) is 0 Å². The van der Waals surface area contributed by atoms with Crippen LogP contribution in [-0.2, 0) is 4.79 Å². The van der Waals surface area contributed by atoms with Crippen molar-refractivity contribution in [2.75, 3.05) is 32.8 Å². The van der Waals surface area contributed by atoms with Gasteiger partial charge in [-0.05, 0) is 32.0 Å². The minimum absolute atomic E-state index is 0.113. The first-order chi connectivity index (χ1) is 15.0. The molecule has 0 aliphatic carbocycles. The Morgan fingerprint density at radius 1 is 1.00 bits per heavy atom. The lowest BCUT2D eigenvalue weighted by Crippen LogP contribution is -2.55. The van der Waals surface area contributed by atoms with Gasteiger partial charge in [0.1, 0.15) is 6.61 Å². The summed E-state index contributed by atoms with van der Waals surface area (Å²) in [5.41, 5.74) is 1.68. The first-order valence-electron chi connectivity index (χ1n) is 10.2. The van der Waals surface area contributed by atoms with Crippen molar-refractivity contribution >= 4 is 17.6 Å². The number of amides is 2. The van der Waals surface area contributed by atoms with Crippen LogP contribution in [0.1, 0.15) is 22.0 Å². The summed E-state index contributed by atoms with van der Waals surface area (Å²) < 4.78 is 13.0. The first-order valence-corrected chi connectivity index (χ1v) is 10.2. The maximum Gasteiger partial charge on any atom is 0.293 e. The Morgan fingerprint density at radius 3 is 2.48 bits per heavy atom. The average molecular weight is 422 g/mol. The minimum Gasteiger partial charge on any atom is -0.485 e. The number of nitrogens with zero attached hydrogens (tertiary/aromatic N) is 6. The van der Waals surface area contributed by atoms with Crippen molar-refractivity contribution in [3.05, 3.63) is 47.5 Å². The third-order valence-electron chi connectivity index (χ3n) is 5.47. The quantitative estimate of drug-likeness (QED) is 0.604. The standard InChI is InChI=1S/C21H22N6O4/c1-13-11-14(2)27-21(22-13)23-18(24-27)20(29)26-9-7-25(8-10-26)19(28)17-12-30-15-5-3-4-6-16(15)31-17/h3-6,11,17H,7-10,12H2,1-2H3/t17-/m1/s1. The molecule has 0 spiro atoms. The van der Waals surface area contributed by atoms with E-state index in [2.05, 4.69) is 15.1 Å². The van der Waals surface area contributed by atoms with Crippen LogP contribution in [0.25, 0.3) is 5.78 Å². The van der Waals surface area contributed by atoms with E-state index in [1.807, 2.05) is 38.1 Å². The Labute approximate surface area is 178 Å². The third-order valence-corrected chi connectivity index (χ3v) is 5.47. The largest absolute Gasteiger partial charge is 0.485 e. The molecule has 2 aromatic heterocycles. The monoisotopic (exact) mass is 422 g/mol. The van der Waals surface area contributed by atoms with E-state index in [4.69, 9.17) is 9.47 Å². The van der Waals surface area contributed by atoms with Crippen molar-refractivity contribution in [1.29, 1.82) is 0 Å². The molecule has 160 valence electrons. The summed E-state index contributed by atoms with van der Waals surface area (Å²) in [5, 5.41) is 4.31. The highest BCUT2D eigenvalue weighted by atomic mass is 16.6. The molecule has 1 atom stereocenters. The number of carbonyl (C=O) groups excluding carboxylic acids is 2. The number of piperazine rings is 1. The molecule has 0 saturated carbocycles. The fourth-order valence-corrected chi connectivity index (χ4v) is 3.87. The highest BCUT2D eigenvalue weighted by molar-refractivity contribution is 5.91.